The van der Waals surface area contributed by atoms with Crippen LogP contribution in [0.3, 0.4) is 0 Å². The van der Waals surface area contributed by atoms with Gasteiger partial charge in [0.15, 0.2) is 5.16 Å². The third kappa shape index (κ3) is 3.03. The van der Waals surface area contributed by atoms with Crippen LogP contribution in [0.1, 0.15) is 12.5 Å². The van der Waals surface area contributed by atoms with Crippen LogP contribution in [0.15, 0.2) is 52.4 Å². The topological polar surface area (TPSA) is 58.7 Å². The number of rotatable bonds is 3. The molecule has 0 saturated carbocycles. The highest BCUT2D eigenvalue weighted by Crippen LogP contribution is 2.26. The predicted molar refractivity (Wildman–Crippen MR) is 98.0 cm³/mol. The van der Waals surface area contributed by atoms with Gasteiger partial charge in [-0.3, -0.25) is 9.36 Å². The van der Waals surface area contributed by atoms with Crippen LogP contribution in [0.4, 0.5) is 0 Å². The summed E-state index contributed by atoms with van der Waals surface area (Å²) in [5, 5.41) is 10.3. The molecule has 6 heteroatoms. The molecule has 0 fully saturated rings. The Balaban J connectivity index is 2.37. The first-order chi connectivity index (χ1) is 11.5. The van der Waals surface area contributed by atoms with Crippen molar-refractivity contribution in [1.29, 1.82) is 5.26 Å². The summed E-state index contributed by atoms with van der Waals surface area (Å²) in [6.07, 6.45) is 0. The van der Waals surface area contributed by atoms with Gasteiger partial charge >= 0.3 is 0 Å². The molecule has 1 heterocycles. The van der Waals surface area contributed by atoms with Crippen molar-refractivity contribution in [3.8, 4) is 11.8 Å². The van der Waals surface area contributed by atoms with Gasteiger partial charge in [-0.2, -0.15) is 5.26 Å². The lowest BCUT2D eigenvalue weighted by Gasteiger charge is -2.15. The van der Waals surface area contributed by atoms with Crippen LogP contribution < -0.4 is 5.56 Å². The fourth-order valence-electron chi connectivity index (χ4n) is 2.43. The standard InChI is InChI=1S/C18H14ClN3OS/c1-11-5-3-4-6-16(11)22-17(23)14-8-7-13(19)9-15(14)21-18(22)24-12(2)10-20/h3-9,12H,1-2H3. The zero-order valence-electron chi connectivity index (χ0n) is 13.2. The Hall–Kier alpha value is -2.29. The Bertz CT molecular complexity index is 1020. The van der Waals surface area contributed by atoms with E-state index in [-0.39, 0.29) is 10.8 Å². The minimum atomic E-state index is -0.330. The van der Waals surface area contributed by atoms with Crippen molar-refractivity contribution in [1.82, 2.24) is 9.55 Å². The lowest BCUT2D eigenvalue weighted by atomic mass is 10.2. The van der Waals surface area contributed by atoms with Crippen molar-refractivity contribution in [3.63, 3.8) is 0 Å². The first-order valence-corrected chi connectivity index (χ1v) is 8.61. The molecule has 2 aromatic carbocycles. The Kier molecular flexibility index (Phi) is 4.61. The van der Waals surface area contributed by atoms with Crippen molar-refractivity contribution in [2.75, 3.05) is 0 Å². The molecular formula is C18H14ClN3OS. The van der Waals surface area contributed by atoms with E-state index in [0.717, 1.165) is 11.3 Å². The maximum atomic E-state index is 13.1. The van der Waals surface area contributed by atoms with E-state index >= 15 is 0 Å². The van der Waals surface area contributed by atoms with Crippen LogP contribution in [0.25, 0.3) is 16.6 Å². The van der Waals surface area contributed by atoms with E-state index in [1.54, 1.807) is 29.7 Å². The van der Waals surface area contributed by atoms with E-state index in [1.165, 1.54) is 11.8 Å². The maximum absolute atomic E-state index is 13.1. The lowest BCUT2D eigenvalue weighted by Crippen LogP contribution is -2.23. The van der Waals surface area contributed by atoms with Gasteiger partial charge in [-0.15, -0.1) is 0 Å². The lowest BCUT2D eigenvalue weighted by molar-refractivity contribution is 0.813. The van der Waals surface area contributed by atoms with Crippen molar-refractivity contribution in [2.24, 2.45) is 0 Å². The smallest absolute Gasteiger partial charge is 0.266 e. The van der Waals surface area contributed by atoms with E-state index in [9.17, 15) is 4.79 Å². The molecule has 0 aliphatic heterocycles. The number of fused-ring (bicyclic) bond motifs is 1. The minimum Gasteiger partial charge on any atom is -0.268 e. The number of halogens is 1. The number of benzene rings is 2. The number of aromatic nitrogens is 2. The largest absolute Gasteiger partial charge is 0.268 e. The van der Waals surface area contributed by atoms with E-state index in [2.05, 4.69) is 11.1 Å². The van der Waals surface area contributed by atoms with Crippen molar-refractivity contribution in [3.05, 3.63) is 63.4 Å². The molecule has 1 unspecified atom stereocenters. The van der Waals surface area contributed by atoms with Crippen molar-refractivity contribution in [2.45, 2.75) is 24.3 Å². The van der Waals surface area contributed by atoms with Gasteiger partial charge in [0.2, 0.25) is 0 Å². The second-order valence-electron chi connectivity index (χ2n) is 5.37. The van der Waals surface area contributed by atoms with E-state index < -0.39 is 0 Å². The molecule has 3 rings (SSSR count). The Morgan fingerprint density at radius 3 is 2.75 bits per heavy atom. The molecule has 120 valence electrons. The summed E-state index contributed by atoms with van der Waals surface area (Å²) in [7, 11) is 0. The fourth-order valence-corrected chi connectivity index (χ4v) is 3.40. The molecule has 4 nitrogen and oxygen atoms in total. The highest BCUT2D eigenvalue weighted by atomic mass is 35.5. The minimum absolute atomic E-state index is 0.168. The predicted octanol–water partition coefficient (Wildman–Crippen LogP) is 4.35. The molecule has 24 heavy (non-hydrogen) atoms. The Morgan fingerprint density at radius 2 is 2.04 bits per heavy atom. The van der Waals surface area contributed by atoms with Crippen LogP contribution in [0.5, 0.6) is 0 Å². The van der Waals surface area contributed by atoms with Crippen molar-refractivity contribution >= 4 is 34.3 Å². The first-order valence-electron chi connectivity index (χ1n) is 7.36. The van der Waals surface area contributed by atoms with Crippen LogP contribution >= 0.6 is 23.4 Å². The van der Waals surface area contributed by atoms with Crippen molar-refractivity contribution < 1.29 is 0 Å². The van der Waals surface area contributed by atoms with Crippen LogP contribution in [-0.4, -0.2) is 14.8 Å². The Morgan fingerprint density at radius 1 is 1.29 bits per heavy atom. The van der Waals surface area contributed by atoms with Crippen LogP contribution in [0.2, 0.25) is 5.02 Å². The molecule has 1 aromatic heterocycles. The number of nitriles is 1. The van der Waals surface area contributed by atoms with Gasteiger partial charge in [0.05, 0.1) is 27.9 Å². The molecule has 3 aromatic rings. The fraction of sp³-hybridized carbons (Fsp3) is 0.167. The maximum Gasteiger partial charge on any atom is 0.266 e. The molecular weight excluding hydrogens is 342 g/mol. The summed E-state index contributed by atoms with van der Waals surface area (Å²) in [6.45, 7) is 3.72. The van der Waals surface area contributed by atoms with Crippen LogP contribution in [0, 0.1) is 18.3 Å². The summed E-state index contributed by atoms with van der Waals surface area (Å²) in [6, 6.07) is 14.8. The number of hydrogen-bond acceptors (Lipinski definition) is 4. The Labute approximate surface area is 148 Å². The number of para-hydroxylation sites is 1. The molecule has 0 radical (unpaired) electrons. The van der Waals surface area contributed by atoms with Gasteiger partial charge in [0, 0.05) is 5.02 Å². The zero-order valence-corrected chi connectivity index (χ0v) is 14.7. The van der Waals surface area contributed by atoms with Gasteiger partial charge in [-0.25, -0.2) is 4.98 Å². The normalized spacial score (nSPS) is 12.1. The molecule has 0 spiro atoms. The zero-order chi connectivity index (χ0) is 17.3. The van der Waals surface area contributed by atoms with Gasteiger partial charge in [0.25, 0.3) is 5.56 Å². The van der Waals surface area contributed by atoms with E-state index in [4.69, 9.17) is 16.9 Å². The third-order valence-corrected chi connectivity index (χ3v) is 4.80. The number of thioether (sulfide) groups is 1. The summed E-state index contributed by atoms with van der Waals surface area (Å²) in [5.74, 6) is 0. The molecule has 0 bridgehead atoms. The molecule has 0 saturated heterocycles. The van der Waals surface area contributed by atoms with Gasteiger partial charge in [-0.05, 0) is 43.7 Å². The summed E-state index contributed by atoms with van der Waals surface area (Å²) in [5.41, 5.74) is 2.09. The average molecular weight is 356 g/mol. The second kappa shape index (κ2) is 6.68. The highest BCUT2D eigenvalue weighted by Gasteiger charge is 2.17. The molecule has 0 N–H and O–H groups in total. The average Bonchev–Trinajstić information content (AvgIpc) is 2.56. The van der Waals surface area contributed by atoms with Crippen LogP contribution in [-0.2, 0) is 0 Å². The summed E-state index contributed by atoms with van der Waals surface area (Å²) < 4.78 is 1.57. The second-order valence-corrected chi connectivity index (χ2v) is 7.12. The van der Waals surface area contributed by atoms with E-state index in [0.29, 0.717) is 21.1 Å². The summed E-state index contributed by atoms with van der Waals surface area (Å²) in [4.78, 5) is 17.7. The molecule has 1 atom stereocenters. The van der Waals surface area contributed by atoms with Gasteiger partial charge in [0.1, 0.15) is 0 Å². The number of hydrogen-bond donors (Lipinski definition) is 0. The monoisotopic (exact) mass is 355 g/mol. The molecule has 0 amide bonds. The number of nitrogens with zero attached hydrogens (tertiary/aromatic N) is 3. The van der Waals surface area contributed by atoms with Gasteiger partial charge in [-0.1, -0.05) is 41.6 Å². The third-order valence-electron chi connectivity index (χ3n) is 3.62. The molecule has 0 aliphatic rings. The highest BCUT2D eigenvalue weighted by molar-refractivity contribution is 8.00. The molecule has 0 aliphatic carbocycles. The number of aryl methyl sites for hydroxylation is 1. The quantitative estimate of drug-likeness (QED) is 0.517. The van der Waals surface area contributed by atoms with Gasteiger partial charge < -0.3 is 0 Å². The van der Waals surface area contributed by atoms with E-state index in [1.807, 2.05) is 31.2 Å². The summed E-state index contributed by atoms with van der Waals surface area (Å²) >= 11 is 7.29. The first kappa shape index (κ1) is 16.6. The SMILES string of the molecule is Cc1ccccc1-n1c(SC(C)C#N)nc2cc(Cl)ccc2c1=O.